The molecule has 0 heterocycles. The van der Waals surface area contributed by atoms with Crippen LogP contribution in [-0.4, -0.2) is 6.04 Å². The van der Waals surface area contributed by atoms with Gasteiger partial charge in [-0.25, -0.2) is 0 Å². The summed E-state index contributed by atoms with van der Waals surface area (Å²) in [5.41, 5.74) is 12.5. The van der Waals surface area contributed by atoms with Gasteiger partial charge in [-0.2, -0.15) is 0 Å². The van der Waals surface area contributed by atoms with Gasteiger partial charge in [-0.05, 0) is 46.9 Å². The molecule has 19 heavy (non-hydrogen) atoms. The second-order valence-corrected chi connectivity index (χ2v) is 6.14. The van der Waals surface area contributed by atoms with Crippen LogP contribution in [0.15, 0.2) is 35.5 Å². The van der Waals surface area contributed by atoms with Gasteiger partial charge in [0, 0.05) is 4.91 Å². The Hall–Kier alpha value is -1.73. The molecule has 1 unspecified atom stereocenters. The number of benzene rings is 1. The Bertz CT molecular complexity index is 514. The molecule has 1 aromatic rings. The Balaban J connectivity index is 2.31. The van der Waals surface area contributed by atoms with Crippen LogP contribution in [0.2, 0.25) is 0 Å². The highest BCUT2D eigenvalue weighted by Gasteiger charge is 2.19. The molecule has 1 aromatic carbocycles. The average molecular weight is 255 g/mol. The van der Waals surface area contributed by atoms with Crippen LogP contribution in [0.25, 0.3) is 16.0 Å². The molecular weight excluding hydrogens is 234 g/mol. The van der Waals surface area contributed by atoms with E-state index >= 15 is 0 Å². The molecule has 0 amide bonds. The first-order valence-electron chi connectivity index (χ1n) is 6.87. The summed E-state index contributed by atoms with van der Waals surface area (Å²) in [7, 11) is 0. The molecule has 100 valence electrons. The molecular formula is C16H21N3. The zero-order valence-corrected chi connectivity index (χ0v) is 11.9. The molecule has 0 saturated heterocycles. The van der Waals surface area contributed by atoms with Crippen LogP contribution in [0.4, 0.5) is 0 Å². The molecule has 0 radical (unpaired) electrons. The van der Waals surface area contributed by atoms with E-state index in [1.165, 1.54) is 16.7 Å². The minimum Gasteiger partial charge on any atom is -0.0859 e. The Morgan fingerprint density at radius 1 is 1.21 bits per heavy atom. The van der Waals surface area contributed by atoms with Gasteiger partial charge in [-0.15, -0.1) is 0 Å². The number of azide groups is 1. The van der Waals surface area contributed by atoms with E-state index in [-0.39, 0.29) is 11.5 Å². The first kappa shape index (κ1) is 13.7. The van der Waals surface area contributed by atoms with Gasteiger partial charge in [-0.3, -0.25) is 0 Å². The highest BCUT2D eigenvalue weighted by molar-refractivity contribution is 5.70. The predicted octanol–water partition coefficient (Wildman–Crippen LogP) is 5.23. The zero-order valence-electron chi connectivity index (χ0n) is 11.9. The summed E-state index contributed by atoms with van der Waals surface area (Å²) in [6, 6.07) is 8.66. The molecule has 1 atom stereocenters. The quantitative estimate of drug-likeness (QED) is 0.394. The van der Waals surface area contributed by atoms with Crippen molar-refractivity contribution in [1.82, 2.24) is 0 Å². The van der Waals surface area contributed by atoms with E-state index in [9.17, 15) is 0 Å². The maximum Gasteiger partial charge on any atom is 0.0628 e. The molecule has 0 bridgehead atoms. The first-order chi connectivity index (χ1) is 9.02. The van der Waals surface area contributed by atoms with Crippen molar-refractivity contribution < 1.29 is 0 Å². The highest BCUT2D eigenvalue weighted by atomic mass is 15.1. The SMILES string of the molecule is CC(C)(C)c1ccc(C2=CCCCC2N=[N+]=[N-])cc1. The maximum absolute atomic E-state index is 8.67. The van der Waals surface area contributed by atoms with Gasteiger partial charge in [0.1, 0.15) is 0 Å². The van der Waals surface area contributed by atoms with Crippen molar-refractivity contribution in [1.29, 1.82) is 0 Å². The van der Waals surface area contributed by atoms with Crippen LogP contribution in [0.5, 0.6) is 0 Å². The van der Waals surface area contributed by atoms with E-state index in [2.05, 4.69) is 61.1 Å². The van der Waals surface area contributed by atoms with Crippen LogP contribution >= 0.6 is 0 Å². The lowest BCUT2D eigenvalue weighted by molar-refractivity contribution is 0.590. The summed E-state index contributed by atoms with van der Waals surface area (Å²) in [6.45, 7) is 6.64. The summed E-state index contributed by atoms with van der Waals surface area (Å²) >= 11 is 0. The fraction of sp³-hybridized carbons (Fsp3) is 0.500. The third-order valence-corrected chi connectivity index (χ3v) is 3.68. The monoisotopic (exact) mass is 255 g/mol. The molecule has 1 aliphatic carbocycles. The number of allylic oxidation sites excluding steroid dienone is 1. The van der Waals surface area contributed by atoms with Crippen molar-refractivity contribution in [2.45, 2.75) is 51.5 Å². The van der Waals surface area contributed by atoms with Gasteiger partial charge >= 0.3 is 0 Å². The number of nitrogens with zero attached hydrogens (tertiary/aromatic N) is 3. The molecule has 0 fully saturated rings. The molecule has 0 aromatic heterocycles. The molecule has 0 saturated carbocycles. The molecule has 2 rings (SSSR count). The Kier molecular flexibility index (Phi) is 3.96. The zero-order chi connectivity index (χ0) is 13.9. The van der Waals surface area contributed by atoms with Gasteiger partial charge in [0.2, 0.25) is 0 Å². The fourth-order valence-corrected chi connectivity index (χ4v) is 2.52. The Morgan fingerprint density at radius 2 is 1.89 bits per heavy atom. The third-order valence-electron chi connectivity index (χ3n) is 3.68. The Morgan fingerprint density at radius 3 is 2.47 bits per heavy atom. The minimum absolute atomic E-state index is 0.000707. The topological polar surface area (TPSA) is 48.8 Å². The fourth-order valence-electron chi connectivity index (χ4n) is 2.52. The molecule has 3 nitrogen and oxygen atoms in total. The molecule has 0 aliphatic heterocycles. The standard InChI is InChI=1S/C16H21N3/c1-16(2,3)13-10-8-12(9-11-13)14-6-4-5-7-15(14)18-19-17/h6,8-11,15H,4-5,7H2,1-3H3. The van der Waals surface area contributed by atoms with E-state index < -0.39 is 0 Å². The molecule has 0 N–H and O–H groups in total. The van der Waals surface area contributed by atoms with E-state index in [0.717, 1.165) is 19.3 Å². The third kappa shape index (κ3) is 3.18. The van der Waals surface area contributed by atoms with Crippen LogP contribution in [0.1, 0.15) is 51.2 Å². The van der Waals surface area contributed by atoms with Crippen molar-refractivity contribution in [3.05, 3.63) is 51.9 Å². The summed E-state index contributed by atoms with van der Waals surface area (Å²) in [5.74, 6) is 0. The van der Waals surface area contributed by atoms with Crippen molar-refractivity contribution in [2.75, 3.05) is 0 Å². The van der Waals surface area contributed by atoms with Gasteiger partial charge in [-0.1, -0.05) is 56.2 Å². The van der Waals surface area contributed by atoms with Crippen molar-refractivity contribution in [3.8, 4) is 0 Å². The van der Waals surface area contributed by atoms with Crippen molar-refractivity contribution in [3.63, 3.8) is 0 Å². The van der Waals surface area contributed by atoms with Crippen LogP contribution < -0.4 is 0 Å². The number of hydrogen-bond acceptors (Lipinski definition) is 1. The van der Waals surface area contributed by atoms with Gasteiger partial charge < -0.3 is 0 Å². The predicted molar refractivity (Wildman–Crippen MR) is 79.9 cm³/mol. The lowest BCUT2D eigenvalue weighted by Crippen LogP contribution is -2.13. The molecule has 0 spiro atoms. The van der Waals surface area contributed by atoms with Gasteiger partial charge in [0.25, 0.3) is 0 Å². The highest BCUT2D eigenvalue weighted by Crippen LogP contribution is 2.31. The largest absolute Gasteiger partial charge is 0.0859 e. The average Bonchev–Trinajstić information content (AvgIpc) is 2.39. The number of rotatable bonds is 2. The normalized spacial score (nSPS) is 19.5. The van der Waals surface area contributed by atoms with Gasteiger partial charge in [0.15, 0.2) is 0 Å². The molecule has 1 aliphatic rings. The summed E-state index contributed by atoms with van der Waals surface area (Å²) in [4.78, 5) is 2.98. The summed E-state index contributed by atoms with van der Waals surface area (Å²) in [6.07, 6.45) is 5.35. The van der Waals surface area contributed by atoms with Crippen molar-refractivity contribution in [2.24, 2.45) is 5.11 Å². The second kappa shape index (κ2) is 5.50. The van der Waals surface area contributed by atoms with Crippen LogP contribution in [0.3, 0.4) is 0 Å². The lowest BCUT2D eigenvalue weighted by Gasteiger charge is -2.22. The van der Waals surface area contributed by atoms with Crippen molar-refractivity contribution >= 4 is 5.57 Å². The maximum atomic E-state index is 8.67. The molecule has 3 heteroatoms. The van der Waals surface area contributed by atoms with Gasteiger partial charge in [0.05, 0.1) is 6.04 Å². The van der Waals surface area contributed by atoms with Crippen LogP contribution in [-0.2, 0) is 5.41 Å². The first-order valence-corrected chi connectivity index (χ1v) is 6.87. The number of hydrogen-bond donors (Lipinski definition) is 0. The summed E-state index contributed by atoms with van der Waals surface area (Å²) in [5, 5.41) is 3.92. The summed E-state index contributed by atoms with van der Waals surface area (Å²) < 4.78 is 0. The minimum atomic E-state index is -0.000707. The smallest absolute Gasteiger partial charge is 0.0628 e. The van der Waals surface area contributed by atoms with Crippen LogP contribution in [0, 0.1) is 0 Å². The van der Waals surface area contributed by atoms with E-state index in [0.29, 0.717) is 0 Å². The van der Waals surface area contributed by atoms with E-state index in [4.69, 9.17) is 5.53 Å². The second-order valence-electron chi connectivity index (χ2n) is 6.14. The Labute approximate surface area is 115 Å². The van der Waals surface area contributed by atoms with E-state index in [1.54, 1.807) is 0 Å². The lowest BCUT2D eigenvalue weighted by atomic mass is 9.84. The van der Waals surface area contributed by atoms with E-state index in [1.807, 2.05) is 0 Å².